The Hall–Kier alpha value is -2.28. The maximum atomic E-state index is 9.24. The van der Waals surface area contributed by atoms with E-state index in [9.17, 15) is 5.26 Å². The molecular weight excluding hydrogens is 224 g/mol. The fraction of sp³-hybridized carbons (Fsp3) is 0.286. The quantitative estimate of drug-likeness (QED) is 0.894. The van der Waals surface area contributed by atoms with Crippen LogP contribution in [0.5, 0.6) is 0 Å². The molecule has 92 valence electrons. The Morgan fingerprint density at radius 2 is 2.33 bits per heavy atom. The van der Waals surface area contributed by atoms with E-state index in [1.54, 1.807) is 6.20 Å². The lowest BCUT2D eigenvalue weighted by atomic mass is 10.1. The topological polar surface area (TPSA) is 53.6 Å². The fourth-order valence-electron chi connectivity index (χ4n) is 1.79. The van der Waals surface area contributed by atoms with Crippen LogP contribution in [-0.4, -0.2) is 9.78 Å². The predicted octanol–water partition coefficient (Wildman–Crippen LogP) is 2.89. The highest BCUT2D eigenvalue weighted by atomic mass is 15.3. The highest BCUT2D eigenvalue weighted by Crippen LogP contribution is 2.19. The molecule has 0 saturated carbocycles. The maximum absolute atomic E-state index is 9.24. The van der Waals surface area contributed by atoms with Gasteiger partial charge in [-0.3, -0.25) is 4.68 Å². The Morgan fingerprint density at radius 1 is 1.50 bits per heavy atom. The van der Waals surface area contributed by atoms with E-state index in [-0.39, 0.29) is 6.04 Å². The number of benzene rings is 1. The van der Waals surface area contributed by atoms with Crippen LogP contribution in [0.15, 0.2) is 36.7 Å². The molecule has 0 radical (unpaired) electrons. The summed E-state index contributed by atoms with van der Waals surface area (Å²) >= 11 is 0. The van der Waals surface area contributed by atoms with Gasteiger partial charge in [0.15, 0.2) is 0 Å². The summed E-state index contributed by atoms with van der Waals surface area (Å²) < 4.78 is 1.82. The lowest BCUT2D eigenvalue weighted by Crippen LogP contribution is -2.07. The summed E-state index contributed by atoms with van der Waals surface area (Å²) in [7, 11) is 0. The van der Waals surface area contributed by atoms with Crippen molar-refractivity contribution < 1.29 is 0 Å². The summed E-state index contributed by atoms with van der Waals surface area (Å²) in [6, 6.07) is 9.88. The Bertz CT molecular complexity index is 565. The predicted molar refractivity (Wildman–Crippen MR) is 71.1 cm³/mol. The Morgan fingerprint density at radius 3 is 2.94 bits per heavy atom. The molecule has 1 unspecified atom stereocenters. The van der Waals surface area contributed by atoms with Crippen molar-refractivity contribution in [1.29, 1.82) is 5.26 Å². The van der Waals surface area contributed by atoms with E-state index in [4.69, 9.17) is 0 Å². The van der Waals surface area contributed by atoms with Gasteiger partial charge >= 0.3 is 0 Å². The highest BCUT2D eigenvalue weighted by Gasteiger charge is 2.12. The summed E-state index contributed by atoms with van der Waals surface area (Å²) in [5.74, 6) is 0. The van der Waals surface area contributed by atoms with Crippen molar-refractivity contribution in [1.82, 2.24) is 9.78 Å². The van der Waals surface area contributed by atoms with Gasteiger partial charge in [0.2, 0.25) is 0 Å². The molecule has 1 aromatic carbocycles. The number of aromatic nitrogens is 2. The smallest absolute Gasteiger partial charge is 0.143 e. The molecule has 1 aromatic heterocycles. The van der Waals surface area contributed by atoms with Gasteiger partial charge in [0.1, 0.15) is 6.04 Å². The van der Waals surface area contributed by atoms with Gasteiger partial charge in [0, 0.05) is 24.0 Å². The zero-order valence-electron chi connectivity index (χ0n) is 10.6. The molecule has 4 nitrogen and oxygen atoms in total. The van der Waals surface area contributed by atoms with Gasteiger partial charge in [-0.25, -0.2) is 0 Å². The van der Waals surface area contributed by atoms with Crippen molar-refractivity contribution >= 4 is 5.69 Å². The van der Waals surface area contributed by atoms with Crippen LogP contribution in [0.4, 0.5) is 5.69 Å². The number of nitrogens with one attached hydrogen (secondary N) is 1. The summed E-state index contributed by atoms with van der Waals surface area (Å²) in [6.45, 7) is 4.86. The second-order valence-electron chi connectivity index (χ2n) is 4.21. The molecule has 0 bridgehead atoms. The third-order valence-electron chi connectivity index (χ3n) is 2.77. The first-order valence-corrected chi connectivity index (χ1v) is 5.98. The third kappa shape index (κ3) is 2.69. The standard InChI is InChI=1S/C14H16N4/c1-3-18-10-12(9-16-18)14(8-15)17-13-6-4-5-11(2)7-13/h4-7,9-10,14,17H,3H2,1-2H3. The van der Waals surface area contributed by atoms with Crippen LogP contribution in [0, 0.1) is 18.3 Å². The van der Waals surface area contributed by atoms with E-state index in [1.807, 2.05) is 49.0 Å². The highest BCUT2D eigenvalue weighted by molar-refractivity contribution is 5.48. The number of nitrogens with zero attached hydrogens (tertiary/aromatic N) is 3. The van der Waals surface area contributed by atoms with E-state index in [2.05, 4.69) is 16.5 Å². The molecule has 0 aliphatic heterocycles. The van der Waals surface area contributed by atoms with E-state index < -0.39 is 0 Å². The molecule has 0 aliphatic rings. The number of hydrogen-bond donors (Lipinski definition) is 1. The molecule has 0 fully saturated rings. The van der Waals surface area contributed by atoms with E-state index >= 15 is 0 Å². The number of aryl methyl sites for hydroxylation is 2. The number of nitriles is 1. The first-order valence-electron chi connectivity index (χ1n) is 5.98. The molecule has 0 amide bonds. The van der Waals surface area contributed by atoms with Crippen molar-refractivity contribution in [3.8, 4) is 6.07 Å². The molecule has 1 heterocycles. The van der Waals surface area contributed by atoms with Crippen molar-refractivity contribution in [3.63, 3.8) is 0 Å². The Kier molecular flexibility index (Phi) is 3.63. The third-order valence-corrected chi connectivity index (χ3v) is 2.77. The van der Waals surface area contributed by atoms with Crippen LogP contribution in [0.3, 0.4) is 0 Å². The fourth-order valence-corrected chi connectivity index (χ4v) is 1.79. The summed E-state index contributed by atoms with van der Waals surface area (Å²) in [5, 5.41) is 16.6. The average molecular weight is 240 g/mol. The van der Waals surface area contributed by atoms with Gasteiger partial charge in [-0.05, 0) is 31.5 Å². The van der Waals surface area contributed by atoms with Crippen molar-refractivity contribution in [2.24, 2.45) is 0 Å². The summed E-state index contributed by atoms with van der Waals surface area (Å²) in [6.07, 6.45) is 3.64. The summed E-state index contributed by atoms with van der Waals surface area (Å²) in [5.41, 5.74) is 3.01. The molecule has 2 aromatic rings. The van der Waals surface area contributed by atoms with E-state index in [0.717, 1.165) is 17.8 Å². The van der Waals surface area contributed by atoms with Crippen LogP contribution in [0.25, 0.3) is 0 Å². The van der Waals surface area contributed by atoms with E-state index in [0.29, 0.717) is 0 Å². The van der Waals surface area contributed by atoms with Gasteiger partial charge in [-0.15, -0.1) is 0 Å². The second kappa shape index (κ2) is 5.37. The van der Waals surface area contributed by atoms with Gasteiger partial charge < -0.3 is 5.32 Å². The molecule has 4 heteroatoms. The minimum absolute atomic E-state index is 0.368. The number of hydrogen-bond acceptors (Lipinski definition) is 3. The van der Waals surface area contributed by atoms with E-state index in [1.165, 1.54) is 5.56 Å². The zero-order chi connectivity index (χ0) is 13.0. The SMILES string of the molecule is CCn1cc(C(C#N)Nc2cccc(C)c2)cn1. The molecule has 18 heavy (non-hydrogen) atoms. The van der Waals surface area contributed by atoms with Gasteiger partial charge in [0.25, 0.3) is 0 Å². The van der Waals surface area contributed by atoms with Crippen LogP contribution in [0.2, 0.25) is 0 Å². The van der Waals surface area contributed by atoms with Gasteiger partial charge in [-0.2, -0.15) is 10.4 Å². The Labute approximate surface area is 107 Å². The molecule has 0 spiro atoms. The first kappa shape index (κ1) is 12.2. The monoisotopic (exact) mass is 240 g/mol. The minimum Gasteiger partial charge on any atom is -0.366 e. The summed E-state index contributed by atoms with van der Waals surface area (Å²) in [4.78, 5) is 0. The average Bonchev–Trinajstić information content (AvgIpc) is 2.84. The van der Waals surface area contributed by atoms with Crippen LogP contribution < -0.4 is 5.32 Å². The second-order valence-corrected chi connectivity index (χ2v) is 4.21. The van der Waals surface area contributed by atoms with Crippen molar-refractivity contribution in [2.75, 3.05) is 5.32 Å². The molecule has 2 rings (SSSR count). The first-order chi connectivity index (χ1) is 8.72. The number of rotatable bonds is 4. The number of anilines is 1. The molecule has 0 aliphatic carbocycles. The minimum atomic E-state index is -0.368. The lowest BCUT2D eigenvalue weighted by molar-refractivity contribution is 0.659. The Balaban J connectivity index is 2.17. The normalized spacial score (nSPS) is 11.8. The van der Waals surface area contributed by atoms with Crippen molar-refractivity contribution in [3.05, 3.63) is 47.8 Å². The van der Waals surface area contributed by atoms with Crippen LogP contribution in [-0.2, 0) is 6.54 Å². The van der Waals surface area contributed by atoms with Crippen molar-refractivity contribution in [2.45, 2.75) is 26.4 Å². The molecule has 0 saturated heterocycles. The van der Waals surface area contributed by atoms with Crippen LogP contribution >= 0.6 is 0 Å². The van der Waals surface area contributed by atoms with Gasteiger partial charge in [-0.1, -0.05) is 12.1 Å². The largest absolute Gasteiger partial charge is 0.366 e. The zero-order valence-corrected chi connectivity index (χ0v) is 10.6. The maximum Gasteiger partial charge on any atom is 0.143 e. The molecular formula is C14H16N4. The molecule has 1 N–H and O–H groups in total. The van der Waals surface area contributed by atoms with Gasteiger partial charge in [0.05, 0.1) is 12.3 Å². The lowest BCUT2D eigenvalue weighted by Gasteiger charge is -2.11. The van der Waals surface area contributed by atoms with Crippen LogP contribution in [0.1, 0.15) is 24.1 Å². The molecule has 1 atom stereocenters.